The number of carboxylic acid groups (broad SMARTS) is 1. The van der Waals surface area contributed by atoms with Gasteiger partial charge < -0.3 is 15.2 Å². The molecule has 176 valence electrons. The van der Waals surface area contributed by atoms with Crippen molar-refractivity contribution in [3.8, 4) is 11.1 Å². The van der Waals surface area contributed by atoms with Crippen LogP contribution in [0.4, 0.5) is 18.0 Å². The van der Waals surface area contributed by atoms with E-state index in [9.17, 15) is 27.9 Å². The fourth-order valence-corrected chi connectivity index (χ4v) is 4.25. The van der Waals surface area contributed by atoms with Crippen LogP contribution in [0.2, 0.25) is 0 Å². The van der Waals surface area contributed by atoms with Crippen LogP contribution >= 0.6 is 0 Å². The quantitative estimate of drug-likeness (QED) is 0.491. The second-order valence-corrected chi connectivity index (χ2v) is 8.46. The summed E-state index contributed by atoms with van der Waals surface area (Å²) in [5, 5.41) is 12.1. The van der Waals surface area contributed by atoms with Crippen LogP contribution in [0, 0.1) is 0 Å². The first-order valence-corrected chi connectivity index (χ1v) is 10.6. The van der Waals surface area contributed by atoms with Gasteiger partial charge in [-0.2, -0.15) is 13.2 Å². The molecule has 2 N–H and O–H groups in total. The third-order valence-electron chi connectivity index (χ3n) is 6.03. The summed E-state index contributed by atoms with van der Waals surface area (Å²) in [6.45, 7) is 1.30. The molecule has 3 aromatic carbocycles. The van der Waals surface area contributed by atoms with E-state index in [1.807, 2.05) is 48.5 Å². The lowest BCUT2D eigenvalue weighted by molar-refractivity contribution is -0.144. The third-order valence-corrected chi connectivity index (χ3v) is 6.03. The predicted octanol–water partition coefficient (Wildman–Crippen LogP) is 5.63. The second kappa shape index (κ2) is 8.85. The molecule has 1 aliphatic rings. The molecule has 0 saturated heterocycles. The highest BCUT2D eigenvalue weighted by Crippen LogP contribution is 2.44. The minimum absolute atomic E-state index is 0.00976. The predicted molar refractivity (Wildman–Crippen MR) is 119 cm³/mol. The smallest absolute Gasteiger partial charge is 0.416 e. The van der Waals surface area contributed by atoms with Gasteiger partial charge in [0.1, 0.15) is 12.1 Å². The molecule has 8 heteroatoms. The van der Waals surface area contributed by atoms with Crippen molar-refractivity contribution in [3.05, 3.63) is 95.1 Å². The van der Waals surface area contributed by atoms with Gasteiger partial charge in [0.2, 0.25) is 0 Å². The number of carboxylic acids is 1. The molecule has 1 unspecified atom stereocenters. The zero-order chi connectivity index (χ0) is 24.5. The summed E-state index contributed by atoms with van der Waals surface area (Å²) in [6.07, 6.45) is -5.63. The molecular weight excluding hydrogens is 447 g/mol. The summed E-state index contributed by atoms with van der Waals surface area (Å²) >= 11 is 0. The lowest BCUT2D eigenvalue weighted by Gasteiger charge is -2.26. The molecule has 3 aromatic rings. The Morgan fingerprint density at radius 2 is 1.44 bits per heavy atom. The van der Waals surface area contributed by atoms with Crippen molar-refractivity contribution in [2.24, 2.45) is 0 Å². The van der Waals surface area contributed by atoms with Crippen LogP contribution in [-0.4, -0.2) is 29.3 Å². The number of carbonyl (C=O) groups is 2. The van der Waals surface area contributed by atoms with Crippen molar-refractivity contribution < 1.29 is 32.6 Å². The largest absolute Gasteiger partial charge is 0.480 e. The minimum atomic E-state index is -4.49. The highest BCUT2D eigenvalue weighted by Gasteiger charge is 2.37. The molecule has 0 saturated carbocycles. The Labute approximate surface area is 194 Å². The van der Waals surface area contributed by atoms with Crippen LogP contribution in [0.15, 0.2) is 72.8 Å². The normalized spacial score (nSPS) is 14.6. The summed E-state index contributed by atoms with van der Waals surface area (Å²) < 4.78 is 43.8. The zero-order valence-corrected chi connectivity index (χ0v) is 18.2. The maximum Gasteiger partial charge on any atom is 0.416 e. The SMILES string of the molecule is CC(Cc1ccc(C(F)(F)F)cc1)(NC(=O)OCC1c2ccccc2-c2ccccc21)C(=O)O. The number of benzene rings is 3. The van der Waals surface area contributed by atoms with Gasteiger partial charge in [-0.05, 0) is 46.9 Å². The van der Waals surface area contributed by atoms with E-state index in [4.69, 9.17) is 4.74 Å². The van der Waals surface area contributed by atoms with Gasteiger partial charge in [-0.15, -0.1) is 0 Å². The van der Waals surface area contributed by atoms with Crippen LogP contribution in [-0.2, 0) is 22.1 Å². The summed E-state index contributed by atoms with van der Waals surface area (Å²) in [5.74, 6) is -1.52. The average molecular weight is 469 g/mol. The number of fused-ring (bicyclic) bond motifs is 3. The lowest BCUT2D eigenvalue weighted by Crippen LogP contribution is -2.54. The Balaban J connectivity index is 1.45. The number of rotatable bonds is 6. The summed E-state index contributed by atoms with van der Waals surface area (Å²) in [6, 6.07) is 19.8. The number of halogens is 3. The molecule has 5 nitrogen and oxygen atoms in total. The fourth-order valence-electron chi connectivity index (χ4n) is 4.25. The highest BCUT2D eigenvalue weighted by molar-refractivity contribution is 5.84. The lowest BCUT2D eigenvalue weighted by atomic mass is 9.92. The topological polar surface area (TPSA) is 75.6 Å². The van der Waals surface area contributed by atoms with Crippen molar-refractivity contribution in [1.29, 1.82) is 0 Å². The Bertz CT molecular complexity index is 1180. The van der Waals surface area contributed by atoms with E-state index in [1.54, 1.807) is 0 Å². The van der Waals surface area contributed by atoms with E-state index in [1.165, 1.54) is 19.1 Å². The molecule has 1 atom stereocenters. The van der Waals surface area contributed by atoms with E-state index in [0.29, 0.717) is 5.56 Å². The number of carbonyl (C=O) groups excluding carboxylic acids is 1. The molecule has 0 radical (unpaired) electrons. The number of hydrogen-bond acceptors (Lipinski definition) is 3. The van der Waals surface area contributed by atoms with Crippen molar-refractivity contribution in [1.82, 2.24) is 5.32 Å². The number of alkyl carbamates (subject to hydrolysis) is 1. The number of hydrogen-bond donors (Lipinski definition) is 2. The minimum Gasteiger partial charge on any atom is -0.480 e. The maximum atomic E-state index is 12.8. The van der Waals surface area contributed by atoms with Crippen molar-refractivity contribution in [2.75, 3.05) is 6.61 Å². The number of amides is 1. The average Bonchev–Trinajstić information content (AvgIpc) is 3.11. The molecule has 1 amide bonds. The Morgan fingerprint density at radius 1 is 0.912 bits per heavy atom. The molecule has 0 heterocycles. The van der Waals surface area contributed by atoms with Crippen LogP contribution < -0.4 is 5.32 Å². The van der Waals surface area contributed by atoms with E-state index >= 15 is 0 Å². The van der Waals surface area contributed by atoms with Gasteiger partial charge in [-0.3, -0.25) is 0 Å². The van der Waals surface area contributed by atoms with E-state index in [-0.39, 0.29) is 18.9 Å². The van der Waals surface area contributed by atoms with Gasteiger partial charge in [0.05, 0.1) is 5.56 Å². The van der Waals surface area contributed by atoms with E-state index in [0.717, 1.165) is 34.4 Å². The van der Waals surface area contributed by atoms with Crippen molar-refractivity contribution in [3.63, 3.8) is 0 Å². The fraction of sp³-hybridized carbons (Fsp3) is 0.231. The standard InChI is InChI=1S/C26H22F3NO4/c1-25(23(31)32,14-16-10-12-17(13-11-16)26(27,28)29)30-24(33)34-15-22-20-8-4-2-6-18(20)19-7-3-5-9-21(19)22/h2-13,22H,14-15H2,1H3,(H,30,33)(H,31,32). The number of nitrogens with one attached hydrogen (secondary N) is 1. The summed E-state index contributed by atoms with van der Waals surface area (Å²) in [4.78, 5) is 24.5. The Hall–Kier alpha value is -3.81. The van der Waals surface area contributed by atoms with Crippen LogP contribution in [0.3, 0.4) is 0 Å². The molecule has 0 bridgehead atoms. The van der Waals surface area contributed by atoms with Gasteiger partial charge in [0.25, 0.3) is 0 Å². The van der Waals surface area contributed by atoms with Crippen molar-refractivity contribution >= 4 is 12.1 Å². The first-order valence-electron chi connectivity index (χ1n) is 10.6. The molecule has 0 aromatic heterocycles. The molecule has 0 spiro atoms. The first-order chi connectivity index (χ1) is 16.1. The van der Waals surface area contributed by atoms with Gasteiger partial charge >= 0.3 is 18.2 Å². The third kappa shape index (κ3) is 4.62. The Kier molecular flexibility index (Phi) is 6.08. The van der Waals surface area contributed by atoms with Crippen LogP contribution in [0.25, 0.3) is 11.1 Å². The highest BCUT2D eigenvalue weighted by atomic mass is 19.4. The molecule has 34 heavy (non-hydrogen) atoms. The zero-order valence-electron chi connectivity index (χ0n) is 18.2. The molecule has 0 fully saturated rings. The first kappa shape index (κ1) is 23.4. The van der Waals surface area contributed by atoms with E-state index < -0.39 is 29.3 Å². The number of aliphatic carboxylic acids is 1. The molecule has 0 aliphatic heterocycles. The molecular formula is C26H22F3NO4. The van der Waals surface area contributed by atoms with Gasteiger partial charge in [0, 0.05) is 12.3 Å². The maximum absolute atomic E-state index is 12.8. The monoisotopic (exact) mass is 469 g/mol. The molecule has 1 aliphatic carbocycles. The second-order valence-electron chi connectivity index (χ2n) is 8.46. The van der Waals surface area contributed by atoms with E-state index in [2.05, 4.69) is 5.32 Å². The number of ether oxygens (including phenoxy) is 1. The van der Waals surface area contributed by atoms with Crippen LogP contribution in [0.5, 0.6) is 0 Å². The summed E-state index contributed by atoms with van der Waals surface area (Å²) in [5.41, 5.74) is 1.87. The van der Waals surface area contributed by atoms with Crippen molar-refractivity contribution in [2.45, 2.75) is 31.0 Å². The Morgan fingerprint density at radius 3 is 1.94 bits per heavy atom. The van der Waals surface area contributed by atoms with Gasteiger partial charge in [-0.1, -0.05) is 60.7 Å². The van der Waals surface area contributed by atoms with Crippen LogP contribution in [0.1, 0.15) is 35.1 Å². The molecule has 4 rings (SSSR count). The van der Waals surface area contributed by atoms with Gasteiger partial charge in [0.15, 0.2) is 0 Å². The van der Waals surface area contributed by atoms with Gasteiger partial charge in [-0.25, -0.2) is 9.59 Å². The summed E-state index contributed by atoms with van der Waals surface area (Å²) in [7, 11) is 0. The number of alkyl halides is 3.